The van der Waals surface area contributed by atoms with Gasteiger partial charge in [-0.15, -0.1) is 0 Å². The molecule has 2 aliphatic heterocycles. The van der Waals surface area contributed by atoms with Crippen molar-refractivity contribution in [3.05, 3.63) is 40.6 Å². The molecule has 8 nitrogen and oxygen atoms in total. The summed E-state index contributed by atoms with van der Waals surface area (Å²) in [6, 6.07) is 1.77. The van der Waals surface area contributed by atoms with Gasteiger partial charge in [0, 0.05) is 31.7 Å². The molecule has 2 atom stereocenters. The number of rotatable bonds is 3. The Balaban J connectivity index is 1.45. The predicted molar refractivity (Wildman–Crippen MR) is 87.9 cm³/mol. The van der Waals surface area contributed by atoms with Crippen molar-refractivity contribution in [2.75, 3.05) is 0 Å². The summed E-state index contributed by atoms with van der Waals surface area (Å²) in [5.74, 6) is 1.36. The molecular formula is C17H20N6O2. The third-order valence-corrected chi connectivity index (χ3v) is 5.59. The fourth-order valence-corrected chi connectivity index (χ4v) is 4.13. The van der Waals surface area contributed by atoms with Crippen LogP contribution in [0.15, 0.2) is 23.4 Å². The second-order valence-electron chi connectivity index (χ2n) is 7.33. The maximum atomic E-state index is 12.9. The topological polar surface area (TPSA) is 85.9 Å². The SMILES string of the molecule is O=C(c1ccncn1)N1C2CCC1Cn1c(nn(CC3CC3)c1=O)C2. The second-order valence-corrected chi connectivity index (χ2v) is 7.33. The van der Waals surface area contributed by atoms with Crippen LogP contribution in [0.4, 0.5) is 0 Å². The summed E-state index contributed by atoms with van der Waals surface area (Å²) in [5, 5.41) is 4.58. The van der Waals surface area contributed by atoms with E-state index in [0.29, 0.717) is 24.6 Å². The van der Waals surface area contributed by atoms with Crippen LogP contribution in [0.2, 0.25) is 0 Å². The van der Waals surface area contributed by atoms with E-state index in [4.69, 9.17) is 0 Å². The summed E-state index contributed by atoms with van der Waals surface area (Å²) in [5.41, 5.74) is 0.390. The van der Waals surface area contributed by atoms with Crippen molar-refractivity contribution in [1.82, 2.24) is 29.2 Å². The molecule has 1 aliphatic carbocycles. The van der Waals surface area contributed by atoms with Crippen molar-refractivity contribution in [1.29, 1.82) is 0 Å². The summed E-state index contributed by atoms with van der Waals surface area (Å²) >= 11 is 0. The summed E-state index contributed by atoms with van der Waals surface area (Å²) in [6.45, 7) is 1.27. The maximum absolute atomic E-state index is 12.9. The standard InChI is InChI=1S/C17H20N6O2/c24-16(14-5-6-18-10-19-14)23-12-3-4-13(23)9-21-15(7-12)20-22(17(21)25)8-11-1-2-11/h5-6,10-13H,1-4,7-9H2. The molecule has 8 heteroatoms. The van der Waals surface area contributed by atoms with E-state index in [1.807, 2.05) is 4.90 Å². The average molecular weight is 340 g/mol. The molecule has 0 spiro atoms. The molecule has 1 saturated heterocycles. The van der Waals surface area contributed by atoms with Crippen molar-refractivity contribution in [2.45, 2.75) is 57.3 Å². The summed E-state index contributed by atoms with van der Waals surface area (Å²) in [7, 11) is 0. The van der Waals surface area contributed by atoms with Gasteiger partial charge >= 0.3 is 5.69 Å². The Morgan fingerprint density at radius 2 is 2.04 bits per heavy atom. The van der Waals surface area contributed by atoms with Gasteiger partial charge in [0.25, 0.3) is 5.91 Å². The number of hydrogen-bond acceptors (Lipinski definition) is 5. The van der Waals surface area contributed by atoms with Crippen molar-refractivity contribution < 1.29 is 4.79 Å². The maximum Gasteiger partial charge on any atom is 0.345 e. The molecule has 2 fully saturated rings. The molecule has 4 heterocycles. The molecule has 2 aromatic heterocycles. The van der Waals surface area contributed by atoms with Crippen LogP contribution in [0.5, 0.6) is 0 Å². The van der Waals surface area contributed by atoms with Gasteiger partial charge in [0.1, 0.15) is 17.8 Å². The van der Waals surface area contributed by atoms with Crippen molar-refractivity contribution in [3.63, 3.8) is 0 Å². The fraction of sp³-hybridized carbons (Fsp3) is 0.588. The molecule has 2 bridgehead atoms. The first kappa shape index (κ1) is 14.8. The lowest BCUT2D eigenvalue weighted by molar-refractivity contribution is 0.0658. The summed E-state index contributed by atoms with van der Waals surface area (Å²) in [6.07, 6.45) is 7.88. The number of carbonyl (C=O) groups is 1. The predicted octanol–water partition coefficient (Wildman–Crippen LogP) is 0.474. The third-order valence-electron chi connectivity index (χ3n) is 5.59. The summed E-state index contributed by atoms with van der Waals surface area (Å²) in [4.78, 5) is 35.5. The Morgan fingerprint density at radius 3 is 2.80 bits per heavy atom. The van der Waals surface area contributed by atoms with E-state index in [1.54, 1.807) is 21.5 Å². The minimum absolute atomic E-state index is 0.0242. The van der Waals surface area contributed by atoms with Crippen LogP contribution in [0.3, 0.4) is 0 Å². The highest BCUT2D eigenvalue weighted by atomic mass is 16.2. The van der Waals surface area contributed by atoms with E-state index >= 15 is 0 Å². The first-order valence-electron chi connectivity index (χ1n) is 8.96. The van der Waals surface area contributed by atoms with E-state index in [9.17, 15) is 9.59 Å². The van der Waals surface area contributed by atoms with Gasteiger partial charge in [0.05, 0.1) is 6.04 Å². The Morgan fingerprint density at radius 1 is 1.20 bits per heavy atom. The van der Waals surface area contributed by atoms with Crippen LogP contribution in [0.25, 0.3) is 0 Å². The molecule has 0 radical (unpaired) electrons. The van der Waals surface area contributed by atoms with E-state index < -0.39 is 0 Å². The van der Waals surface area contributed by atoms with Crippen molar-refractivity contribution in [2.24, 2.45) is 5.92 Å². The number of nitrogens with zero attached hydrogens (tertiary/aromatic N) is 6. The Bertz CT molecular complexity index is 869. The minimum Gasteiger partial charge on any atom is -0.329 e. The fourth-order valence-electron chi connectivity index (χ4n) is 4.13. The van der Waals surface area contributed by atoms with E-state index in [0.717, 1.165) is 25.2 Å². The summed E-state index contributed by atoms with van der Waals surface area (Å²) < 4.78 is 3.42. The van der Waals surface area contributed by atoms with Gasteiger partial charge in [0.2, 0.25) is 0 Å². The molecule has 3 aliphatic rings. The van der Waals surface area contributed by atoms with Gasteiger partial charge in [-0.25, -0.2) is 19.4 Å². The Kier molecular flexibility index (Phi) is 3.26. The minimum atomic E-state index is -0.0704. The highest BCUT2D eigenvalue weighted by molar-refractivity contribution is 5.92. The zero-order valence-corrected chi connectivity index (χ0v) is 13.9. The van der Waals surface area contributed by atoms with Gasteiger partial charge in [-0.1, -0.05) is 0 Å². The Hall–Kier alpha value is -2.51. The van der Waals surface area contributed by atoms with Crippen LogP contribution < -0.4 is 5.69 Å². The lowest BCUT2D eigenvalue weighted by atomic mass is 10.1. The van der Waals surface area contributed by atoms with Gasteiger partial charge in [-0.3, -0.25) is 9.36 Å². The first-order valence-corrected chi connectivity index (χ1v) is 8.96. The van der Waals surface area contributed by atoms with Crippen LogP contribution >= 0.6 is 0 Å². The normalized spacial score (nSPS) is 24.9. The number of amides is 1. The van der Waals surface area contributed by atoms with Gasteiger partial charge in [-0.2, -0.15) is 5.10 Å². The molecule has 2 unspecified atom stereocenters. The van der Waals surface area contributed by atoms with Crippen LogP contribution in [-0.4, -0.2) is 47.2 Å². The average Bonchev–Trinajstić information content (AvgIpc) is 3.32. The second kappa shape index (κ2) is 5.50. The highest BCUT2D eigenvalue weighted by Gasteiger charge is 2.42. The lowest BCUT2D eigenvalue weighted by Crippen LogP contribution is -2.43. The number of hydrogen-bond donors (Lipinski definition) is 0. The molecular weight excluding hydrogens is 320 g/mol. The van der Waals surface area contributed by atoms with Gasteiger partial charge < -0.3 is 4.90 Å². The molecule has 25 heavy (non-hydrogen) atoms. The highest BCUT2D eigenvalue weighted by Crippen LogP contribution is 2.32. The zero-order chi connectivity index (χ0) is 17.0. The molecule has 2 aromatic rings. The zero-order valence-electron chi connectivity index (χ0n) is 13.9. The first-order chi connectivity index (χ1) is 12.2. The molecule has 0 N–H and O–H groups in total. The Labute approximate surface area is 144 Å². The molecule has 5 rings (SSSR count). The van der Waals surface area contributed by atoms with Crippen LogP contribution in [-0.2, 0) is 19.5 Å². The van der Waals surface area contributed by atoms with Crippen LogP contribution in [0.1, 0.15) is 42.0 Å². The largest absolute Gasteiger partial charge is 0.345 e. The molecule has 130 valence electrons. The number of fused-ring (bicyclic) bond motifs is 3. The van der Waals surface area contributed by atoms with Crippen molar-refractivity contribution >= 4 is 5.91 Å². The number of aromatic nitrogens is 5. The van der Waals surface area contributed by atoms with Crippen LogP contribution in [0, 0.1) is 5.92 Å². The molecule has 1 saturated carbocycles. The van der Waals surface area contributed by atoms with E-state index in [1.165, 1.54) is 19.2 Å². The van der Waals surface area contributed by atoms with Crippen molar-refractivity contribution in [3.8, 4) is 0 Å². The van der Waals surface area contributed by atoms with E-state index in [-0.39, 0.29) is 23.7 Å². The number of carbonyl (C=O) groups excluding carboxylic acids is 1. The van der Waals surface area contributed by atoms with Gasteiger partial charge in [-0.05, 0) is 37.7 Å². The van der Waals surface area contributed by atoms with Gasteiger partial charge in [0.15, 0.2) is 0 Å². The lowest BCUT2D eigenvalue weighted by Gasteiger charge is -2.27. The smallest absolute Gasteiger partial charge is 0.329 e. The van der Waals surface area contributed by atoms with E-state index in [2.05, 4.69) is 15.1 Å². The monoisotopic (exact) mass is 340 g/mol. The third kappa shape index (κ3) is 2.47. The molecule has 1 amide bonds. The quantitative estimate of drug-likeness (QED) is 0.811. The molecule has 0 aromatic carbocycles.